The van der Waals surface area contributed by atoms with E-state index in [0.717, 1.165) is 3.79 Å². The number of anilines is 1. The number of urea groups is 1. The molecule has 2 N–H and O–H groups in total. The highest BCUT2D eigenvalue weighted by molar-refractivity contribution is 9.11. The minimum Gasteiger partial charge on any atom is -0.480 e. The van der Waals surface area contributed by atoms with Gasteiger partial charge in [-0.1, -0.05) is 18.3 Å². The van der Waals surface area contributed by atoms with Crippen molar-refractivity contribution in [2.75, 3.05) is 11.1 Å². The maximum absolute atomic E-state index is 12.2. The van der Waals surface area contributed by atoms with Gasteiger partial charge in [0.15, 0.2) is 5.13 Å². The SMILES string of the molecule is CCC1SCC(C(=O)O)N1C(=O)Nc1ncc(Br)s1. The summed E-state index contributed by atoms with van der Waals surface area (Å²) in [5.41, 5.74) is 0. The molecule has 1 aliphatic heterocycles. The van der Waals surface area contributed by atoms with Gasteiger partial charge in [-0.3, -0.25) is 10.2 Å². The Morgan fingerprint density at radius 3 is 2.95 bits per heavy atom. The largest absolute Gasteiger partial charge is 0.480 e. The molecular weight excluding hydrogens is 354 g/mol. The third kappa shape index (κ3) is 3.21. The second kappa shape index (κ2) is 6.10. The predicted molar refractivity (Wildman–Crippen MR) is 78.6 cm³/mol. The number of thiazole rings is 1. The van der Waals surface area contributed by atoms with Gasteiger partial charge in [0.25, 0.3) is 0 Å². The lowest BCUT2D eigenvalue weighted by molar-refractivity contribution is -0.141. The molecule has 1 aromatic heterocycles. The number of halogens is 1. The Morgan fingerprint density at radius 1 is 1.68 bits per heavy atom. The standard InChI is InChI=1S/C10H12BrN3O3S2/c1-2-7-14(5(4-18-7)8(15)16)10(17)13-9-12-3-6(11)19-9/h3,5,7H,2,4H2,1H3,(H,15,16)(H,12,13,17). The highest BCUT2D eigenvalue weighted by Gasteiger charge is 2.41. The number of carboxylic acid groups (broad SMARTS) is 1. The number of carbonyl (C=O) groups excluding carboxylic acids is 1. The summed E-state index contributed by atoms with van der Waals surface area (Å²) in [6, 6.07) is -1.19. The van der Waals surface area contributed by atoms with Crippen LogP contribution in [0.1, 0.15) is 13.3 Å². The number of hydrogen-bond acceptors (Lipinski definition) is 5. The van der Waals surface area contributed by atoms with E-state index in [1.807, 2.05) is 6.92 Å². The Kier molecular flexibility index (Phi) is 4.69. The van der Waals surface area contributed by atoms with Crippen LogP contribution in [0.2, 0.25) is 0 Å². The zero-order valence-corrected chi connectivity index (χ0v) is 13.2. The molecule has 2 atom stereocenters. The van der Waals surface area contributed by atoms with E-state index in [2.05, 4.69) is 26.2 Å². The highest BCUT2D eigenvalue weighted by Crippen LogP contribution is 2.32. The Balaban J connectivity index is 2.12. The van der Waals surface area contributed by atoms with Crippen molar-refractivity contribution in [2.45, 2.75) is 24.8 Å². The average Bonchev–Trinajstić information content (AvgIpc) is 2.94. The molecular formula is C10H12BrN3O3S2. The van der Waals surface area contributed by atoms with Gasteiger partial charge in [-0.2, -0.15) is 0 Å². The molecule has 2 heterocycles. The molecule has 1 fully saturated rings. The van der Waals surface area contributed by atoms with Gasteiger partial charge in [-0.05, 0) is 22.4 Å². The molecule has 0 aliphatic carbocycles. The number of nitrogens with one attached hydrogen (secondary N) is 1. The summed E-state index contributed by atoms with van der Waals surface area (Å²) in [6.45, 7) is 1.93. The topological polar surface area (TPSA) is 82.5 Å². The third-order valence-electron chi connectivity index (χ3n) is 2.65. The van der Waals surface area contributed by atoms with Crippen molar-refractivity contribution in [2.24, 2.45) is 0 Å². The molecule has 0 radical (unpaired) electrons. The molecule has 19 heavy (non-hydrogen) atoms. The smallest absolute Gasteiger partial charge is 0.327 e. The van der Waals surface area contributed by atoms with Crippen molar-refractivity contribution in [3.05, 3.63) is 9.98 Å². The van der Waals surface area contributed by atoms with Gasteiger partial charge >= 0.3 is 12.0 Å². The van der Waals surface area contributed by atoms with Gasteiger partial charge in [0.2, 0.25) is 0 Å². The number of aromatic nitrogens is 1. The molecule has 1 aromatic rings. The lowest BCUT2D eigenvalue weighted by atomic mass is 10.3. The van der Waals surface area contributed by atoms with Crippen molar-refractivity contribution in [3.8, 4) is 0 Å². The van der Waals surface area contributed by atoms with Gasteiger partial charge in [0, 0.05) is 5.75 Å². The summed E-state index contributed by atoms with van der Waals surface area (Å²) in [6.07, 6.45) is 2.30. The van der Waals surface area contributed by atoms with E-state index < -0.39 is 18.0 Å². The van der Waals surface area contributed by atoms with Crippen LogP contribution in [0.15, 0.2) is 9.98 Å². The van der Waals surface area contributed by atoms with Crippen molar-refractivity contribution in [1.82, 2.24) is 9.88 Å². The van der Waals surface area contributed by atoms with E-state index in [1.165, 1.54) is 28.0 Å². The van der Waals surface area contributed by atoms with Crippen molar-refractivity contribution in [3.63, 3.8) is 0 Å². The average molecular weight is 366 g/mol. The molecule has 0 saturated carbocycles. The second-order valence-corrected chi connectivity index (χ2v) is 7.48. The Bertz CT molecular complexity index is 496. The molecule has 0 spiro atoms. The molecule has 2 unspecified atom stereocenters. The molecule has 1 saturated heterocycles. The molecule has 0 bridgehead atoms. The number of amides is 2. The van der Waals surface area contributed by atoms with Gasteiger partial charge in [0.1, 0.15) is 6.04 Å². The van der Waals surface area contributed by atoms with E-state index >= 15 is 0 Å². The Labute approximate surface area is 126 Å². The first kappa shape index (κ1) is 14.6. The maximum Gasteiger partial charge on any atom is 0.327 e. The van der Waals surface area contributed by atoms with Crippen molar-refractivity contribution < 1.29 is 14.7 Å². The number of nitrogens with zero attached hydrogens (tertiary/aromatic N) is 2. The molecule has 2 amide bonds. The number of aliphatic carboxylic acids is 1. The lowest BCUT2D eigenvalue weighted by Gasteiger charge is -2.26. The van der Waals surface area contributed by atoms with Crippen molar-refractivity contribution >= 4 is 56.2 Å². The fraction of sp³-hybridized carbons (Fsp3) is 0.500. The summed E-state index contributed by atoms with van der Waals surface area (Å²) < 4.78 is 0.806. The summed E-state index contributed by atoms with van der Waals surface area (Å²) in [5.74, 6) is -0.554. The summed E-state index contributed by atoms with van der Waals surface area (Å²) in [5, 5.41) is 12.1. The van der Waals surface area contributed by atoms with Gasteiger partial charge in [0.05, 0.1) is 15.4 Å². The van der Waals surface area contributed by atoms with Gasteiger partial charge in [-0.25, -0.2) is 14.6 Å². The van der Waals surface area contributed by atoms with Crippen LogP contribution in [0, 0.1) is 0 Å². The van der Waals surface area contributed by atoms with Crippen LogP contribution in [-0.2, 0) is 4.79 Å². The predicted octanol–water partition coefficient (Wildman–Crippen LogP) is 2.68. The number of hydrogen-bond donors (Lipinski definition) is 2. The molecule has 2 rings (SSSR count). The summed E-state index contributed by atoms with van der Waals surface area (Å²) in [7, 11) is 0. The summed E-state index contributed by atoms with van der Waals surface area (Å²) in [4.78, 5) is 28.8. The van der Waals surface area contributed by atoms with E-state index in [9.17, 15) is 9.59 Å². The monoisotopic (exact) mass is 365 g/mol. The third-order valence-corrected chi connectivity index (χ3v) is 5.50. The molecule has 1 aliphatic rings. The fourth-order valence-corrected chi connectivity index (χ4v) is 4.25. The van der Waals surface area contributed by atoms with Crippen LogP contribution in [0.3, 0.4) is 0 Å². The Morgan fingerprint density at radius 2 is 2.42 bits per heavy atom. The molecule has 104 valence electrons. The van der Waals surface area contributed by atoms with E-state index in [4.69, 9.17) is 5.11 Å². The number of rotatable bonds is 3. The lowest BCUT2D eigenvalue weighted by Crippen LogP contribution is -2.47. The quantitative estimate of drug-likeness (QED) is 0.860. The van der Waals surface area contributed by atoms with Gasteiger partial charge < -0.3 is 5.11 Å². The normalized spacial score (nSPS) is 22.5. The Hall–Kier alpha value is -0.800. The molecule has 6 nitrogen and oxygen atoms in total. The van der Waals surface area contributed by atoms with E-state index in [0.29, 0.717) is 17.3 Å². The maximum atomic E-state index is 12.2. The van der Waals surface area contributed by atoms with Gasteiger partial charge in [-0.15, -0.1) is 11.8 Å². The minimum atomic E-state index is -0.973. The van der Waals surface area contributed by atoms with Crippen LogP contribution < -0.4 is 5.32 Å². The van der Waals surface area contributed by atoms with Crippen molar-refractivity contribution in [1.29, 1.82) is 0 Å². The highest BCUT2D eigenvalue weighted by atomic mass is 79.9. The number of carboxylic acids is 1. The fourth-order valence-electron chi connectivity index (χ4n) is 1.81. The summed E-state index contributed by atoms with van der Waals surface area (Å²) >= 11 is 6.03. The first-order chi connectivity index (χ1) is 9.02. The van der Waals surface area contributed by atoms with Crippen LogP contribution in [0.25, 0.3) is 0 Å². The minimum absolute atomic E-state index is 0.107. The molecule has 9 heteroatoms. The zero-order valence-electron chi connectivity index (χ0n) is 10.00. The molecule has 0 aromatic carbocycles. The van der Waals surface area contributed by atoms with Crippen LogP contribution >= 0.6 is 39.0 Å². The number of carbonyl (C=O) groups is 2. The zero-order chi connectivity index (χ0) is 14.0. The van der Waals surface area contributed by atoms with Crippen LogP contribution in [0.5, 0.6) is 0 Å². The van der Waals surface area contributed by atoms with E-state index in [1.54, 1.807) is 6.20 Å². The number of thioether (sulfide) groups is 1. The first-order valence-electron chi connectivity index (χ1n) is 5.58. The first-order valence-corrected chi connectivity index (χ1v) is 8.23. The van der Waals surface area contributed by atoms with Crippen LogP contribution in [-0.4, -0.2) is 44.2 Å². The van der Waals surface area contributed by atoms with E-state index in [-0.39, 0.29) is 5.37 Å². The van der Waals surface area contributed by atoms with Crippen LogP contribution in [0.4, 0.5) is 9.93 Å². The second-order valence-electron chi connectivity index (χ2n) is 3.86.